The first kappa shape index (κ1) is 17.9. The van der Waals surface area contributed by atoms with Crippen molar-refractivity contribution < 1.29 is 22.8 Å². The number of hydrogen-bond acceptors (Lipinski definition) is 4. The van der Waals surface area contributed by atoms with Crippen molar-refractivity contribution in [3.63, 3.8) is 0 Å². The van der Waals surface area contributed by atoms with Crippen LogP contribution in [0.4, 0.5) is 18.9 Å². The highest BCUT2D eigenvalue weighted by atomic mass is 32.1. The summed E-state index contributed by atoms with van der Waals surface area (Å²) >= 11 is 0.959. The predicted octanol–water partition coefficient (Wildman–Crippen LogP) is 4.00. The lowest BCUT2D eigenvalue weighted by molar-refractivity contribution is -0.137. The van der Waals surface area contributed by atoms with Gasteiger partial charge in [-0.15, -0.1) is 11.3 Å². The summed E-state index contributed by atoms with van der Waals surface area (Å²) in [6, 6.07) is -0.609. The summed E-state index contributed by atoms with van der Waals surface area (Å²) in [5.41, 5.74) is -0.0603. The minimum absolute atomic E-state index is 0.00903. The highest BCUT2D eigenvalue weighted by Gasteiger charge is 2.44. The van der Waals surface area contributed by atoms with E-state index in [1.54, 1.807) is 0 Å². The summed E-state index contributed by atoms with van der Waals surface area (Å²) < 4.78 is 42.5. The first-order chi connectivity index (χ1) is 13.3. The van der Waals surface area contributed by atoms with E-state index < -0.39 is 23.7 Å². The largest absolute Gasteiger partial charge is 0.417 e. The van der Waals surface area contributed by atoms with Crippen molar-refractivity contribution in [2.45, 2.75) is 51.2 Å². The van der Waals surface area contributed by atoms with E-state index in [1.165, 1.54) is 4.90 Å². The zero-order valence-electron chi connectivity index (χ0n) is 15.2. The number of rotatable bonds is 0. The zero-order chi connectivity index (χ0) is 19.8. The molecule has 2 aromatic rings. The number of halogens is 3. The van der Waals surface area contributed by atoms with Crippen LogP contribution in [0.1, 0.15) is 52.7 Å². The number of thiophene rings is 1. The van der Waals surface area contributed by atoms with Gasteiger partial charge in [-0.2, -0.15) is 13.2 Å². The Morgan fingerprint density at radius 3 is 2.79 bits per heavy atom. The number of carbonyl (C=O) groups excluding carboxylic acids is 2. The molecule has 2 amide bonds. The van der Waals surface area contributed by atoms with Gasteiger partial charge in [0.2, 0.25) is 5.91 Å². The molecule has 1 fully saturated rings. The molecule has 2 aromatic heterocycles. The number of alkyl halides is 3. The van der Waals surface area contributed by atoms with Crippen LogP contribution >= 0.6 is 11.3 Å². The number of fused-ring (bicyclic) bond motifs is 5. The highest BCUT2D eigenvalue weighted by Crippen LogP contribution is 2.48. The van der Waals surface area contributed by atoms with Crippen LogP contribution in [0.5, 0.6) is 0 Å². The Labute approximate surface area is 162 Å². The summed E-state index contributed by atoms with van der Waals surface area (Å²) in [6.45, 7) is 2.37. The van der Waals surface area contributed by atoms with Crippen molar-refractivity contribution in [3.05, 3.63) is 21.7 Å². The lowest BCUT2D eigenvalue weighted by Crippen LogP contribution is -2.40. The van der Waals surface area contributed by atoms with Crippen LogP contribution in [-0.2, 0) is 23.8 Å². The predicted molar refractivity (Wildman–Crippen MR) is 98.5 cm³/mol. The third-order valence-corrected chi connectivity index (χ3v) is 7.07. The van der Waals surface area contributed by atoms with Gasteiger partial charge in [-0.25, -0.2) is 4.98 Å². The van der Waals surface area contributed by atoms with Gasteiger partial charge >= 0.3 is 6.18 Å². The first-order valence-electron chi connectivity index (χ1n) is 9.43. The van der Waals surface area contributed by atoms with Gasteiger partial charge in [0.05, 0.1) is 11.3 Å². The molecule has 1 aliphatic carbocycles. The zero-order valence-corrected chi connectivity index (χ0v) is 16.0. The fourth-order valence-corrected chi connectivity index (χ4v) is 5.79. The number of aromatic nitrogens is 1. The fourth-order valence-electron chi connectivity index (χ4n) is 4.68. The Hall–Kier alpha value is -2.16. The Morgan fingerprint density at radius 2 is 2.04 bits per heavy atom. The molecule has 9 heteroatoms. The van der Waals surface area contributed by atoms with E-state index >= 15 is 0 Å². The molecule has 0 saturated carbocycles. The second-order valence-corrected chi connectivity index (χ2v) is 8.89. The molecular formula is C19H18F3N3O2S. The van der Waals surface area contributed by atoms with Crippen LogP contribution in [0.25, 0.3) is 10.2 Å². The minimum atomic E-state index is -4.59. The number of nitrogens with one attached hydrogen (secondary N) is 1. The molecule has 0 radical (unpaired) electrons. The summed E-state index contributed by atoms with van der Waals surface area (Å²) in [6.07, 6.45) is -1.77. The van der Waals surface area contributed by atoms with Crippen LogP contribution in [0.2, 0.25) is 0 Å². The van der Waals surface area contributed by atoms with Crippen LogP contribution in [0.3, 0.4) is 0 Å². The normalized spacial score (nSPS) is 24.6. The van der Waals surface area contributed by atoms with E-state index in [0.717, 1.165) is 17.8 Å². The van der Waals surface area contributed by atoms with Gasteiger partial charge in [-0.05, 0) is 43.6 Å². The molecule has 5 nitrogen and oxygen atoms in total. The Balaban J connectivity index is 1.82. The molecule has 1 saturated heterocycles. The van der Waals surface area contributed by atoms with Crippen molar-refractivity contribution >= 4 is 39.1 Å². The molecule has 3 aliphatic rings. The van der Waals surface area contributed by atoms with Crippen LogP contribution in [0.15, 0.2) is 0 Å². The molecule has 0 unspecified atom stereocenters. The van der Waals surface area contributed by atoms with Crippen molar-refractivity contribution in [1.82, 2.24) is 9.88 Å². The molecule has 5 rings (SSSR count). The Bertz CT molecular complexity index is 1030. The summed E-state index contributed by atoms with van der Waals surface area (Å²) in [4.78, 5) is 32.0. The molecular weight excluding hydrogens is 391 g/mol. The van der Waals surface area contributed by atoms with Gasteiger partial charge in [0.15, 0.2) is 0 Å². The maximum Gasteiger partial charge on any atom is 0.417 e. The lowest BCUT2D eigenvalue weighted by atomic mass is 9.84. The van der Waals surface area contributed by atoms with E-state index in [2.05, 4.69) is 10.3 Å². The Morgan fingerprint density at radius 1 is 1.25 bits per heavy atom. The number of nitrogens with zero attached hydrogens (tertiary/aromatic N) is 2. The molecule has 148 valence electrons. The number of anilines is 1. The third kappa shape index (κ3) is 2.48. The number of aryl methyl sites for hydroxylation is 1. The molecule has 2 atom stereocenters. The van der Waals surface area contributed by atoms with Crippen molar-refractivity contribution in [2.75, 3.05) is 11.9 Å². The average molecular weight is 409 g/mol. The van der Waals surface area contributed by atoms with Gasteiger partial charge in [0, 0.05) is 17.6 Å². The van der Waals surface area contributed by atoms with Gasteiger partial charge in [0.25, 0.3) is 5.91 Å². The van der Waals surface area contributed by atoms with Gasteiger partial charge in [0.1, 0.15) is 15.7 Å². The second-order valence-electron chi connectivity index (χ2n) is 7.89. The monoisotopic (exact) mass is 409 g/mol. The van der Waals surface area contributed by atoms with E-state index in [0.29, 0.717) is 37.9 Å². The van der Waals surface area contributed by atoms with Crippen LogP contribution in [0, 0.1) is 5.92 Å². The average Bonchev–Trinajstić information content (AvgIpc) is 3.21. The summed E-state index contributed by atoms with van der Waals surface area (Å²) in [7, 11) is 0. The van der Waals surface area contributed by atoms with Gasteiger partial charge < -0.3 is 10.2 Å². The molecule has 4 heterocycles. The van der Waals surface area contributed by atoms with E-state index in [-0.39, 0.29) is 38.2 Å². The minimum Gasteiger partial charge on any atom is -0.326 e. The standard InChI is InChI=1S/C19H18F3N3O2S/c1-8-4-5-10-9(7-8)13(19(20,21)22)12-14-15(28-17(12)23-10)18(27)25-6-2-3-11(25)16(26)24-14/h8,11H,2-7H2,1H3,(H,24,26)/t8-,11+/m0/s1. The molecule has 2 aliphatic heterocycles. The van der Waals surface area contributed by atoms with E-state index in [9.17, 15) is 22.8 Å². The molecule has 0 bridgehead atoms. The molecule has 1 N–H and O–H groups in total. The summed E-state index contributed by atoms with van der Waals surface area (Å²) in [5, 5.41) is 2.52. The maximum atomic E-state index is 14.2. The number of amides is 2. The molecule has 28 heavy (non-hydrogen) atoms. The van der Waals surface area contributed by atoms with Crippen LogP contribution < -0.4 is 5.32 Å². The number of carbonyl (C=O) groups is 2. The Kier molecular flexibility index (Phi) is 3.78. The maximum absolute atomic E-state index is 14.2. The number of pyridine rings is 1. The topological polar surface area (TPSA) is 62.3 Å². The number of hydrogen-bond donors (Lipinski definition) is 1. The van der Waals surface area contributed by atoms with Crippen molar-refractivity contribution in [3.8, 4) is 0 Å². The fraction of sp³-hybridized carbons (Fsp3) is 0.526. The molecule has 0 aromatic carbocycles. The SMILES string of the molecule is C[C@H]1CCc2nc3sc4c(c3c(C(F)(F)F)c2C1)NC(=O)[C@H]1CCCN1C4=O. The summed E-state index contributed by atoms with van der Waals surface area (Å²) in [5.74, 6) is -0.659. The highest BCUT2D eigenvalue weighted by molar-refractivity contribution is 7.21. The van der Waals surface area contributed by atoms with Crippen LogP contribution in [-0.4, -0.2) is 34.3 Å². The van der Waals surface area contributed by atoms with E-state index in [1.807, 2.05) is 6.92 Å². The third-order valence-electron chi connectivity index (χ3n) is 6.00. The first-order valence-corrected chi connectivity index (χ1v) is 10.2. The quantitative estimate of drug-likeness (QED) is 0.716. The van der Waals surface area contributed by atoms with Crippen molar-refractivity contribution in [1.29, 1.82) is 0 Å². The van der Waals surface area contributed by atoms with Crippen molar-refractivity contribution in [2.24, 2.45) is 5.92 Å². The van der Waals surface area contributed by atoms with Gasteiger partial charge in [-0.1, -0.05) is 6.92 Å². The van der Waals surface area contributed by atoms with E-state index in [4.69, 9.17) is 0 Å². The smallest absolute Gasteiger partial charge is 0.326 e. The lowest BCUT2D eigenvalue weighted by Gasteiger charge is -2.25. The van der Waals surface area contributed by atoms with Gasteiger partial charge in [-0.3, -0.25) is 9.59 Å². The second kappa shape index (κ2) is 5.92. The molecule has 0 spiro atoms.